The second-order valence-corrected chi connectivity index (χ2v) is 5.13. The lowest BCUT2D eigenvalue weighted by molar-refractivity contribution is 0.101. The van der Waals surface area contributed by atoms with E-state index in [4.69, 9.17) is 9.47 Å². The molecule has 0 bridgehead atoms. The summed E-state index contributed by atoms with van der Waals surface area (Å²) in [6.07, 6.45) is 4.88. The molecule has 0 aliphatic heterocycles. The number of anilines is 1. The van der Waals surface area contributed by atoms with Crippen LogP contribution >= 0.6 is 0 Å². The van der Waals surface area contributed by atoms with Crippen LogP contribution in [0, 0.1) is 0 Å². The molecular formula is C17H17N5O3. The number of carbonyl (C=O) groups excluding carboxylic acids is 1. The smallest absolute Gasteiger partial charge is 0.266 e. The fourth-order valence-corrected chi connectivity index (χ4v) is 2.38. The Morgan fingerprint density at radius 3 is 2.56 bits per heavy atom. The van der Waals surface area contributed by atoms with E-state index in [1.54, 1.807) is 16.9 Å². The van der Waals surface area contributed by atoms with E-state index in [1.807, 2.05) is 30.5 Å². The fourth-order valence-electron chi connectivity index (χ4n) is 2.38. The molecular weight excluding hydrogens is 322 g/mol. The van der Waals surface area contributed by atoms with Crippen LogP contribution in [0.1, 0.15) is 15.9 Å². The summed E-state index contributed by atoms with van der Waals surface area (Å²) < 4.78 is 12.1. The first-order valence-corrected chi connectivity index (χ1v) is 7.52. The van der Waals surface area contributed by atoms with E-state index in [2.05, 4.69) is 20.4 Å². The largest absolute Gasteiger partial charge is 0.480 e. The minimum absolute atomic E-state index is 0.143. The van der Waals surface area contributed by atoms with Gasteiger partial charge in [0.2, 0.25) is 11.8 Å². The van der Waals surface area contributed by atoms with Gasteiger partial charge in [0.25, 0.3) is 5.91 Å². The van der Waals surface area contributed by atoms with Crippen LogP contribution in [0.3, 0.4) is 0 Å². The Kier molecular flexibility index (Phi) is 4.89. The summed E-state index contributed by atoms with van der Waals surface area (Å²) >= 11 is 0. The van der Waals surface area contributed by atoms with Crippen LogP contribution in [-0.4, -0.2) is 39.9 Å². The standard InChI is InChI=1S/C17H17N5O3/c1-24-16-14(17(25-2)19-11-18-16)15(23)21-13-6-3-5-12(9-13)10-22-8-4-7-20-22/h3-9,11H,10H2,1-2H3,(H,21,23). The quantitative estimate of drug-likeness (QED) is 0.738. The molecule has 1 amide bonds. The first-order valence-electron chi connectivity index (χ1n) is 7.52. The Morgan fingerprint density at radius 2 is 1.92 bits per heavy atom. The molecule has 8 nitrogen and oxygen atoms in total. The molecule has 3 rings (SSSR count). The van der Waals surface area contributed by atoms with Gasteiger partial charge in [0.1, 0.15) is 6.33 Å². The fraction of sp³-hybridized carbons (Fsp3) is 0.176. The molecule has 0 fully saturated rings. The Hall–Kier alpha value is -3.42. The van der Waals surface area contributed by atoms with Crippen molar-refractivity contribution in [1.29, 1.82) is 0 Å². The molecule has 0 radical (unpaired) electrons. The number of methoxy groups -OCH3 is 2. The highest BCUT2D eigenvalue weighted by Crippen LogP contribution is 2.24. The van der Waals surface area contributed by atoms with Crippen LogP contribution < -0.4 is 14.8 Å². The monoisotopic (exact) mass is 339 g/mol. The summed E-state index contributed by atoms with van der Waals surface area (Å²) in [5.74, 6) is -0.111. The average molecular weight is 339 g/mol. The van der Waals surface area contributed by atoms with Crippen LogP contribution in [0.15, 0.2) is 49.1 Å². The molecule has 25 heavy (non-hydrogen) atoms. The minimum atomic E-state index is -0.412. The highest BCUT2D eigenvalue weighted by Gasteiger charge is 2.21. The van der Waals surface area contributed by atoms with Gasteiger partial charge in [0, 0.05) is 18.1 Å². The summed E-state index contributed by atoms with van der Waals surface area (Å²) in [7, 11) is 2.87. The molecule has 0 unspecified atom stereocenters. The van der Waals surface area contributed by atoms with Crippen molar-refractivity contribution in [1.82, 2.24) is 19.7 Å². The number of carbonyl (C=O) groups is 1. The Morgan fingerprint density at radius 1 is 1.16 bits per heavy atom. The van der Waals surface area contributed by atoms with Crippen LogP contribution in [0.4, 0.5) is 5.69 Å². The lowest BCUT2D eigenvalue weighted by Crippen LogP contribution is -2.16. The normalized spacial score (nSPS) is 10.3. The maximum Gasteiger partial charge on any atom is 0.266 e. The third kappa shape index (κ3) is 3.74. The highest BCUT2D eigenvalue weighted by atomic mass is 16.5. The van der Waals surface area contributed by atoms with Crippen LogP contribution in [0.25, 0.3) is 0 Å². The highest BCUT2D eigenvalue weighted by molar-refractivity contribution is 6.07. The van der Waals surface area contributed by atoms with Crippen molar-refractivity contribution in [2.24, 2.45) is 0 Å². The van der Waals surface area contributed by atoms with E-state index >= 15 is 0 Å². The number of rotatable bonds is 6. The van der Waals surface area contributed by atoms with Crippen molar-refractivity contribution in [3.05, 3.63) is 60.2 Å². The second kappa shape index (κ2) is 7.43. The summed E-state index contributed by atoms with van der Waals surface area (Å²) in [4.78, 5) is 20.5. The zero-order valence-corrected chi connectivity index (χ0v) is 13.8. The number of amides is 1. The van der Waals surface area contributed by atoms with Crippen molar-refractivity contribution in [2.45, 2.75) is 6.54 Å². The molecule has 2 aromatic heterocycles. The van der Waals surface area contributed by atoms with Gasteiger partial charge in [-0.1, -0.05) is 12.1 Å². The number of benzene rings is 1. The van der Waals surface area contributed by atoms with Gasteiger partial charge in [-0.05, 0) is 23.8 Å². The van der Waals surface area contributed by atoms with Gasteiger partial charge in [-0.2, -0.15) is 5.10 Å². The molecule has 0 saturated carbocycles. The van der Waals surface area contributed by atoms with Gasteiger partial charge >= 0.3 is 0 Å². The van der Waals surface area contributed by atoms with E-state index in [0.717, 1.165) is 5.56 Å². The topological polar surface area (TPSA) is 91.2 Å². The Balaban J connectivity index is 1.82. The van der Waals surface area contributed by atoms with Crippen molar-refractivity contribution >= 4 is 11.6 Å². The molecule has 0 aliphatic rings. The number of nitrogens with zero attached hydrogens (tertiary/aromatic N) is 4. The summed E-state index contributed by atoms with van der Waals surface area (Å²) in [6.45, 7) is 0.609. The van der Waals surface area contributed by atoms with Crippen LogP contribution in [0.5, 0.6) is 11.8 Å². The van der Waals surface area contributed by atoms with E-state index in [0.29, 0.717) is 12.2 Å². The SMILES string of the molecule is COc1ncnc(OC)c1C(=O)Nc1cccc(Cn2cccn2)c1. The molecule has 1 N–H and O–H groups in total. The van der Waals surface area contributed by atoms with Gasteiger partial charge in [0.05, 0.1) is 20.8 Å². The maximum absolute atomic E-state index is 12.6. The van der Waals surface area contributed by atoms with Gasteiger partial charge in [-0.15, -0.1) is 0 Å². The lowest BCUT2D eigenvalue weighted by Gasteiger charge is -2.12. The minimum Gasteiger partial charge on any atom is -0.480 e. The predicted octanol–water partition coefficient (Wildman–Crippen LogP) is 1.99. The zero-order valence-electron chi connectivity index (χ0n) is 13.8. The molecule has 0 saturated heterocycles. The van der Waals surface area contributed by atoms with Crippen molar-refractivity contribution in [2.75, 3.05) is 19.5 Å². The lowest BCUT2D eigenvalue weighted by atomic mass is 10.2. The molecule has 128 valence electrons. The number of aromatic nitrogens is 4. The number of hydrogen-bond donors (Lipinski definition) is 1. The Labute approximate surface area is 144 Å². The number of hydrogen-bond acceptors (Lipinski definition) is 6. The third-order valence-electron chi connectivity index (χ3n) is 3.48. The van der Waals surface area contributed by atoms with Gasteiger partial charge in [-0.25, -0.2) is 9.97 Å². The molecule has 2 heterocycles. The zero-order chi connectivity index (χ0) is 17.6. The van der Waals surface area contributed by atoms with E-state index in [-0.39, 0.29) is 17.3 Å². The van der Waals surface area contributed by atoms with E-state index in [1.165, 1.54) is 20.5 Å². The summed E-state index contributed by atoms with van der Waals surface area (Å²) in [6, 6.07) is 9.36. The van der Waals surface area contributed by atoms with Gasteiger partial charge in [0.15, 0.2) is 5.56 Å². The predicted molar refractivity (Wildman–Crippen MR) is 90.9 cm³/mol. The van der Waals surface area contributed by atoms with Gasteiger partial charge < -0.3 is 14.8 Å². The van der Waals surface area contributed by atoms with Crippen LogP contribution in [-0.2, 0) is 6.54 Å². The first-order chi connectivity index (χ1) is 12.2. The Bertz CT molecular complexity index is 842. The summed E-state index contributed by atoms with van der Waals surface area (Å²) in [5.41, 5.74) is 1.79. The first kappa shape index (κ1) is 16.4. The van der Waals surface area contributed by atoms with Crippen molar-refractivity contribution < 1.29 is 14.3 Å². The average Bonchev–Trinajstić information content (AvgIpc) is 3.14. The number of ether oxygens (including phenoxy) is 2. The van der Waals surface area contributed by atoms with E-state index in [9.17, 15) is 4.79 Å². The molecule has 3 aromatic rings. The molecule has 0 atom stereocenters. The number of nitrogens with one attached hydrogen (secondary N) is 1. The second-order valence-electron chi connectivity index (χ2n) is 5.13. The van der Waals surface area contributed by atoms with Crippen molar-refractivity contribution in [3.63, 3.8) is 0 Å². The van der Waals surface area contributed by atoms with Gasteiger partial charge in [-0.3, -0.25) is 9.48 Å². The molecule has 8 heteroatoms. The van der Waals surface area contributed by atoms with Crippen LogP contribution in [0.2, 0.25) is 0 Å². The maximum atomic E-state index is 12.6. The molecule has 1 aromatic carbocycles. The molecule has 0 spiro atoms. The molecule has 0 aliphatic carbocycles. The van der Waals surface area contributed by atoms with Crippen molar-refractivity contribution in [3.8, 4) is 11.8 Å². The third-order valence-corrected chi connectivity index (χ3v) is 3.48. The summed E-state index contributed by atoms with van der Waals surface area (Å²) in [5, 5.41) is 6.99. The van der Waals surface area contributed by atoms with E-state index < -0.39 is 5.91 Å².